The van der Waals surface area contributed by atoms with Crippen molar-refractivity contribution in [3.8, 4) is 5.75 Å². The summed E-state index contributed by atoms with van der Waals surface area (Å²) in [6, 6.07) is 10.3. The van der Waals surface area contributed by atoms with E-state index in [1.54, 1.807) is 6.07 Å². The van der Waals surface area contributed by atoms with Gasteiger partial charge < -0.3 is 10.1 Å². The van der Waals surface area contributed by atoms with E-state index in [4.69, 9.17) is 4.74 Å². The van der Waals surface area contributed by atoms with Gasteiger partial charge in [-0.25, -0.2) is 0 Å². The first-order valence-electron chi connectivity index (χ1n) is 7.39. The molecule has 24 heavy (non-hydrogen) atoms. The molecule has 2 aromatic carbocycles. The summed E-state index contributed by atoms with van der Waals surface area (Å²) in [5.41, 5.74) is 0.726. The van der Waals surface area contributed by atoms with Gasteiger partial charge in [-0.1, -0.05) is 29.8 Å². The monoisotopic (exact) mass is 337 g/mol. The second kappa shape index (κ2) is 6.95. The molecule has 0 saturated carbocycles. The summed E-state index contributed by atoms with van der Waals surface area (Å²) < 4.78 is 44.4. The molecular weight excluding hydrogens is 319 g/mol. The summed E-state index contributed by atoms with van der Waals surface area (Å²) in [6.07, 6.45) is -5.48. The van der Waals surface area contributed by atoms with Gasteiger partial charge in [0.15, 0.2) is 6.10 Å². The number of halogens is 3. The van der Waals surface area contributed by atoms with Gasteiger partial charge in [-0.2, -0.15) is 13.2 Å². The molecule has 0 aliphatic carbocycles. The third kappa shape index (κ3) is 4.28. The number of hydrogen-bond acceptors (Lipinski definition) is 2. The van der Waals surface area contributed by atoms with Crippen molar-refractivity contribution in [2.75, 3.05) is 5.32 Å². The van der Waals surface area contributed by atoms with E-state index >= 15 is 0 Å². The third-order valence-electron chi connectivity index (χ3n) is 3.49. The Morgan fingerprint density at radius 1 is 1.12 bits per heavy atom. The molecule has 0 aromatic heterocycles. The van der Waals surface area contributed by atoms with Crippen LogP contribution in [0.3, 0.4) is 0 Å². The number of carbonyl (C=O) groups excluding carboxylic acids is 1. The molecule has 0 aliphatic heterocycles. The summed E-state index contributed by atoms with van der Waals surface area (Å²) in [6.45, 7) is 5.26. The second-order valence-corrected chi connectivity index (χ2v) is 5.56. The van der Waals surface area contributed by atoms with E-state index in [2.05, 4.69) is 5.32 Å². The number of para-hydroxylation sites is 1. The summed E-state index contributed by atoms with van der Waals surface area (Å²) in [5.74, 6) is -0.126. The Morgan fingerprint density at radius 3 is 2.42 bits per heavy atom. The molecule has 1 atom stereocenters. The van der Waals surface area contributed by atoms with E-state index in [0.29, 0.717) is 5.75 Å². The SMILES string of the molecule is Cc1ccc(O[C@@H](C)C(=O)Nc2ccccc2C(F)(F)F)c(C)c1. The highest BCUT2D eigenvalue weighted by Gasteiger charge is 2.34. The number of aryl methyl sites for hydroxylation is 2. The molecule has 2 aromatic rings. The smallest absolute Gasteiger partial charge is 0.418 e. The number of alkyl halides is 3. The van der Waals surface area contributed by atoms with Crippen molar-refractivity contribution in [2.24, 2.45) is 0 Å². The lowest BCUT2D eigenvalue weighted by Crippen LogP contribution is -2.31. The molecule has 1 amide bonds. The van der Waals surface area contributed by atoms with Crippen molar-refractivity contribution in [2.45, 2.75) is 33.1 Å². The van der Waals surface area contributed by atoms with Gasteiger partial charge in [0.05, 0.1) is 11.3 Å². The molecule has 6 heteroatoms. The third-order valence-corrected chi connectivity index (χ3v) is 3.49. The Kier molecular flexibility index (Phi) is 5.17. The average molecular weight is 337 g/mol. The van der Waals surface area contributed by atoms with Crippen LogP contribution in [0.1, 0.15) is 23.6 Å². The quantitative estimate of drug-likeness (QED) is 0.876. The lowest BCUT2D eigenvalue weighted by atomic mass is 10.1. The van der Waals surface area contributed by atoms with E-state index in [-0.39, 0.29) is 5.69 Å². The van der Waals surface area contributed by atoms with Gasteiger partial charge in [0.1, 0.15) is 5.75 Å². The molecule has 1 N–H and O–H groups in total. The first kappa shape index (κ1) is 17.8. The number of nitrogens with one attached hydrogen (secondary N) is 1. The molecule has 0 heterocycles. The van der Waals surface area contributed by atoms with Crippen molar-refractivity contribution in [1.29, 1.82) is 0 Å². The normalized spacial score (nSPS) is 12.6. The number of rotatable bonds is 4. The molecule has 0 aliphatic rings. The Morgan fingerprint density at radius 2 is 1.79 bits per heavy atom. The van der Waals surface area contributed by atoms with Crippen LogP contribution in [0.25, 0.3) is 0 Å². The maximum absolute atomic E-state index is 13.0. The Hall–Kier alpha value is -2.50. The number of hydrogen-bond donors (Lipinski definition) is 1. The van der Waals surface area contributed by atoms with Crippen LogP contribution in [0.15, 0.2) is 42.5 Å². The highest BCUT2D eigenvalue weighted by molar-refractivity contribution is 5.94. The van der Waals surface area contributed by atoms with Crippen LogP contribution in [-0.4, -0.2) is 12.0 Å². The van der Waals surface area contributed by atoms with Crippen LogP contribution in [-0.2, 0) is 11.0 Å². The van der Waals surface area contributed by atoms with Crippen molar-refractivity contribution in [1.82, 2.24) is 0 Å². The zero-order valence-electron chi connectivity index (χ0n) is 13.6. The Balaban J connectivity index is 2.13. The van der Waals surface area contributed by atoms with Crippen molar-refractivity contribution >= 4 is 11.6 Å². The molecule has 0 fully saturated rings. The first-order valence-corrected chi connectivity index (χ1v) is 7.39. The lowest BCUT2D eigenvalue weighted by Gasteiger charge is -2.18. The van der Waals surface area contributed by atoms with E-state index in [1.165, 1.54) is 25.1 Å². The minimum absolute atomic E-state index is 0.286. The molecular formula is C18H18F3NO2. The zero-order valence-corrected chi connectivity index (χ0v) is 13.6. The van der Waals surface area contributed by atoms with Gasteiger partial charge in [-0.3, -0.25) is 4.79 Å². The molecule has 3 nitrogen and oxygen atoms in total. The number of benzene rings is 2. The van der Waals surface area contributed by atoms with Gasteiger partial charge >= 0.3 is 6.18 Å². The van der Waals surface area contributed by atoms with Gasteiger partial charge in [0, 0.05) is 0 Å². The molecule has 0 radical (unpaired) electrons. The van der Waals surface area contributed by atoms with Gasteiger partial charge in [0.25, 0.3) is 5.91 Å². The second-order valence-electron chi connectivity index (χ2n) is 5.56. The highest BCUT2D eigenvalue weighted by Crippen LogP contribution is 2.34. The van der Waals surface area contributed by atoms with Crippen LogP contribution in [0.2, 0.25) is 0 Å². The van der Waals surface area contributed by atoms with Crippen LogP contribution < -0.4 is 10.1 Å². The van der Waals surface area contributed by atoms with Gasteiger partial charge in [-0.15, -0.1) is 0 Å². The lowest BCUT2D eigenvalue weighted by molar-refractivity contribution is -0.137. The molecule has 2 rings (SSSR count). The average Bonchev–Trinajstić information content (AvgIpc) is 2.49. The minimum Gasteiger partial charge on any atom is -0.481 e. The predicted molar refractivity (Wildman–Crippen MR) is 86.1 cm³/mol. The number of ether oxygens (including phenoxy) is 1. The fourth-order valence-corrected chi connectivity index (χ4v) is 2.25. The minimum atomic E-state index is -4.54. The Bertz CT molecular complexity index is 741. The summed E-state index contributed by atoms with van der Waals surface area (Å²) in [5, 5.41) is 2.28. The number of amides is 1. The largest absolute Gasteiger partial charge is 0.481 e. The molecule has 0 unspecified atom stereocenters. The fourth-order valence-electron chi connectivity index (χ4n) is 2.25. The highest BCUT2D eigenvalue weighted by atomic mass is 19.4. The standard InChI is InChI=1S/C18H18F3NO2/c1-11-8-9-16(12(2)10-11)24-13(3)17(23)22-15-7-5-4-6-14(15)18(19,20)21/h4-10,13H,1-3H3,(H,22,23)/t13-/m0/s1. The summed E-state index contributed by atoms with van der Waals surface area (Å²) in [4.78, 5) is 12.2. The van der Waals surface area contributed by atoms with Crippen LogP contribution in [0.5, 0.6) is 5.75 Å². The molecule has 128 valence electrons. The summed E-state index contributed by atoms with van der Waals surface area (Å²) >= 11 is 0. The fraction of sp³-hybridized carbons (Fsp3) is 0.278. The zero-order chi connectivity index (χ0) is 17.9. The van der Waals surface area contributed by atoms with Crippen LogP contribution in [0.4, 0.5) is 18.9 Å². The van der Waals surface area contributed by atoms with Crippen molar-refractivity contribution < 1.29 is 22.7 Å². The van der Waals surface area contributed by atoms with E-state index < -0.39 is 23.8 Å². The van der Waals surface area contributed by atoms with E-state index in [9.17, 15) is 18.0 Å². The maximum atomic E-state index is 13.0. The molecule has 0 bridgehead atoms. The van der Waals surface area contributed by atoms with Crippen molar-refractivity contribution in [3.63, 3.8) is 0 Å². The number of anilines is 1. The van der Waals surface area contributed by atoms with Gasteiger partial charge in [0.2, 0.25) is 0 Å². The first-order chi connectivity index (χ1) is 11.2. The topological polar surface area (TPSA) is 38.3 Å². The van der Waals surface area contributed by atoms with Crippen LogP contribution >= 0.6 is 0 Å². The van der Waals surface area contributed by atoms with Gasteiger partial charge in [-0.05, 0) is 44.5 Å². The summed E-state index contributed by atoms with van der Waals surface area (Å²) in [7, 11) is 0. The molecule has 0 saturated heterocycles. The predicted octanol–water partition coefficient (Wildman–Crippen LogP) is 4.73. The number of carbonyl (C=O) groups is 1. The van der Waals surface area contributed by atoms with Crippen LogP contribution in [0, 0.1) is 13.8 Å². The van der Waals surface area contributed by atoms with E-state index in [0.717, 1.165) is 17.2 Å². The molecule has 0 spiro atoms. The maximum Gasteiger partial charge on any atom is 0.418 e. The van der Waals surface area contributed by atoms with Crippen molar-refractivity contribution in [3.05, 3.63) is 59.2 Å². The Labute approximate surface area is 138 Å². The van der Waals surface area contributed by atoms with E-state index in [1.807, 2.05) is 26.0 Å².